The fraction of sp³-hybridized carbons (Fsp3) is 0.300. The Balaban J connectivity index is 1.45. The molecule has 150 valence electrons. The van der Waals surface area contributed by atoms with Crippen molar-refractivity contribution in [2.75, 3.05) is 30.4 Å². The van der Waals surface area contributed by atoms with E-state index in [4.69, 9.17) is 4.74 Å². The van der Waals surface area contributed by atoms with Crippen LogP contribution in [0.2, 0.25) is 0 Å². The monoisotopic (exact) mass is 411 g/mol. The van der Waals surface area contributed by atoms with Crippen LogP contribution in [0.5, 0.6) is 0 Å². The predicted octanol–water partition coefficient (Wildman–Crippen LogP) is 2.97. The van der Waals surface area contributed by atoms with Gasteiger partial charge in [-0.2, -0.15) is 0 Å². The Hall–Kier alpha value is -3.20. The fourth-order valence-corrected chi connectivity index (χ4v) is 4.23. The Labute approximate surface area is 172 Å². The number of piperidine rings is 1. The highest BCUT2D eigenvalue weighted by atomic mass is 32.1. The molecule has 9 heteroatoms. The first kappa shape index (κ1) is 19.1. The minimum absolute atomic E-state index is 0.110. The zero-order valence-electron chi connectivity index (χ0n) is 15.9. The van der Waals surface area contributed by atoms with Crippen molar-refractivity contribution >= 4 is 34.0 Å². The van der Waals surface area contributed by atoms with Gasteiger partial charge in [0.15, 0.2) is 0 Å². The summed E-state index contributed by atoms with van der Waals surface area (Å²) in [5.41, 5.74) is 0.809. The van der Waals surface area contributed by atoms with Crippen molar-refractivity contribution < 1.29 is 14.3 Å². The third-order valence-electron chi connectivity index (χ3n) is 4.88. The second-order valence-corrected chi connectivity index (χ2v) is 7.70. The molecular formula is C20H21N5O3S. The molecule has 1 N–H and O–H groups in total. The number of benzene rings is 1. The standard InChI is InChI=1S/C20H21N5O3S/c1-28-18(27)15-8-2-3-9-16(15)21-17(26)14-7-6-12-25(13-14)20-23-22-19(29-20)24-10-4-5-11-24/h2-5,8-11,14H,6-7,12-13H2,1H3,(H,21,26)/t14-/m0/s1. The summed E-state index contributed by atoms with van der Waals surface area (Å²) in [6.45, 7) is 1.40. The summed E-state index contributed by atoms with van der Waals surface area (Å²) >= 11 is 1.50. The Morgan fingerprint density at radius 1 is 1.14 bits per heavy atom. The van der Waals surface area contributed by atoms with Crippen LogP contribution in [0.3, 0.4) is 0 Å². The molecule has 0 aliphatic carbocycles. The molecule has 0 radical (unpaired) electrons. The first-order valence-electron chi connectivity index (χ1n) is 9.35. The number of ether oxygens (including phenoxy) is 1. The van der Waals surface area contributed by atoms with Gasteiger partial charge in [0.25, 0.3) is 0 Å². The van der Waals surface area contributed by atoms with Crippen molar-refractivity contribution in [1.29, 1.82) is 0 Å². The second-order valence-electron chi connectivity index (χ2n) is 6.77. The van der Waals surface area contributed by atoms with E-state index in [0.717, 1.165) is 29.6 Å². The molecule has 1 atom stereocenters. The molecule has 2 aromatic heterocycles. The van der Waals surface area contributed by atoms with Gasteiger partial charge in [-0.15, -0.1) is 10.2 Å². The van der Waals surface area contributed by atoms with Crippen molar-refractivity contribution in [2.45, 2.75) is 12.8 Å². The normalized spacial score (nSPS) is 16.4. The van der Waals surface area contributed by atoms with Crippen molar-refractivity contribution in [3.05, 3.63) is 54.4 Å². The molecule has 3 heterocycles. The molecule has 3 aromatic rings. The number of hydrogen-bond acceptors (Lipinski definition) is 7. The van der Waals surface area contributed by atoms with E-state index in [2.05, 4.69) is 20.4 Å². The summed E-state index contributed by atoms with van der Waals surface area (Å²) in [5, 5.41) is 13.0. The van der Waals surface area contributed by atoms with Gasteiger partial charge in [0.1, 0.15) is 0 Å². The number of carbonyl (C=O) groups is 2. The first-order chi connectivity index (χ1) is 14.2. The van der Waals surface area contributed by atoms with E-state index >= 15 is 0 Å². The van der Waals surface area contributed by atoms with Crippen LogP contribution in [0.25, 0.3) is 5.13 Å². The number of rotatable bonds is 5. The maximum absolute atomic E-state index is 12.9. The molecule has 1 saturated heterocycles. The van der Waals surface area contributed by atoms with E-state index in [-0.39, 0.29) is 11.8 Å². The van der Waals surface area contributed by atoms with Crippen molar-refractivity contribution in [1.82, 2.24) is 14.8 Å². The van der Waals surface area contributed by atoms with E-state index in [1.54, 1.807) is 24.3 Å². The average molecular weight is 411 g/mol. The van der Waals surface area contributed by atoms with E-state index in [1.165, 1.54) is 18.4 Å². The Morgan fingerprint density at radius 3 is 2.69 bits per heavy atom. The molecule has 0 saturated carbocycles. The molecule has 0 spiro atoms. The van der Waals surface area contributed by atoms with Crippen molar-refractivity contribution in [3.63, 3.8) is 0 Å². The highest BCUT2D eigenvalue weighted by Crippen LogP contribution is 2.28. The lowest BCUT2D eigenvalue weighted by molar-refractivity contribution is -0.120. The summed E-state index contributed by atoms with van der Waals surface area (Å²) < 4.78 is 6.71. The number of amides is 1. The van der Waals surface area contributed by atoms with Crippen molar-refractivity contribution in [2.24, 2.45) is 5.92 Å². The molecule has 1 aliphatic rings. The SMILES string of the molecule is COC(=O)c1ccccc1NC(=O)[C@H]1CCCN(c2nnc(-n3cccc3)s2)C1. The van der Waals surface area contributed by atoms with Gasteiger partial charge in [-0.05, 0) is 37.1 Å². The summed E-state index contributed by atoms with van der Waals surface area (Å²) in [5.74, 6) is -0.785. The number of anilines is 2. The van der Waals surface area contributed by atoms with Gasteiger partial charge in [-0.25, -0.2) is 4.79 Å². The van der Waals surface area contributed by atoms with Crippen LogP contribution >= 0.6 is 11.3 Å². The molecule has 1 fully saturated rings. The molecular weight excluding hydrogens is 390 g/mol. The molecule has 1 aliphatic heterocycles. The topological polar surface area (TPSA) is 89.3 Å². The van der Waals surface area contributed by atoms with E-state index in [0.29, 0.717) is 17.8 Å². The maximum Gasteiger partial charge on any atom is 0.339 e. The van der Waals surface area contributed by atoms with Gasteiger partial charge < -0.3 is 15.0 Å². The van der Waals surface area contributed by atoms with Gasteiger partial charge in [0.05, 0.1) is 24.3 Å². The fourth-order valence-electron chi connectivity index (χ4n) is 3.38. The number of para-hydroxylation sites is 1. The van der Waals surface area contributed by atoms with Gasteiger partial charge in [0, 0.05) is 25.5 Å². The molecule has 1 amide bonds. The number of esters is 1. The smallest absolute Gasteiger partial charge is 0.339 e. The molecule has 4 rings (SSSR count). The van der Waals surface area contributed by atoms with Crippen LogP contribution in [0.15, 0.2) is 48.8 Å². The van der Waals surface area contributed by atoms with Crippen LogP contribution in [-0.4, -0.2) is 46.8 Å². The van der Waals surface area contributed by atoms with Gasteiger partial charge in [-0.3, -0.25) is 9.36 Å². The number of methoxy groups -OCH3 is 1. The summed E-state index contributed by atoms with van der Waals surface area (Å²) in [4.78, 5) is 26.9. The highest BCUT2D eigenvalue weighted by molar-refractivity contribution is 7.17. The molecule has 0 unspecified atom stereocenters. The average Bonchev–Trinajstić information content (AvgIpc) is 3.45. The summed E-state index contributed by atoms with van der Waals surface area (Å²) in [7, 11) is 1.32. The minimum Gasteiger partial charge on any atom is -0.465 e. The van der Waals surface area contributed by atoms with Crippen LogP contribution in [0.4, 0.5) is 10.8 Å². The maximum atomic E-state index is 12.9. The summed E-state index contributed by atoms with van der Waals surface area (Å²) in [6.07, 6.45) is 5.52. The van der Waals surface area contributed by atoms with Crippen LogP contribution in [-0.2, 0) is 9.53 Å². The van der Waals surface area contributed by atoms with E-state index in [9.17, 15) is 9.59 Å². The van der Waals surface area contributed by atoms with E-state index < -0.39 is 5.97 Å². The summed E-state index contributed by atoms with van der Waals surface area (Å²) in [6, 6.07) is 10.7. The lowest BCUT2D eigenvalue weighted by Crippen LogP contribution is -2.40. The Kier molecular flexibility index (Phi) is 5.57. The molecule has 0 bridgehead atoms. The van der Waals surface area contributed by atoms with Crippen LogP contribution in [0, 0.1) is 5.92 Å². The quantitative estimate of drug-likeness (QED) is 0.650. The zero-order valence-corrected chi connectivity index (χ0v) is 16.8. The van der Waals surface area contributed by atoms with Crippen LogP contribution in [0.1, 0.15) is 23.2 Å². The van der Waals surface area contributed by atoms with E-state index in [1.807, 2.05) is 29.1 Å². The Morgan fingerprint density at radius 2 is 1.90 bits per heavy atom. The Bertz CT molecular complexity index is 1000. The third-order valence-corrected chi connectivity index (χ3v) is 5.88. The molecule has 1 aromatic carbocycles. The lowest BCUT2D eigenvalue weighted by Gasteiger charge is -2.31. The van der Waals surface area contributed by atoms with Gasteiger partial charge >= 0.3 is 5.97 Å². The number of nitrogens with zero attached hydrogens (tertiary/aromatic N) is 4. The molecule has 29 heavy (non-hydrogen) atoms. The number of nitrogens with one attached hydrogen (secondary N) is 1. The van der Waals surface area contributed by atoms with Gasteiger partial charge in [-0.1, -0.05) is 23.5 Å². The number of aromatic nitrogens is 3. The molecule has 8 nitrogen and oxygen atoms in total. The first-order valence-corrected chi connectivity index (χ1v) is 10.2. The predicted molar refractivity (Wildman–Crippen MR) is 111 cm³/mol. The minimum atomic E-state index is -0.474. The van der Waals surface area contributed by atoms with Crippen LogP contribution < -0.4 is 10.2 Å². The second kappa shape index (κ2) is 8.44. The lowest BCUT2D eigenvalue weighted by atomic mass is 9.97. The van der Waals surface area contributed by atoms with Crippen molar-refractivity contribution in [3.8, 4) is 5.13 Å². The highest BCUT2D eigenvalue weighted by Gasteiger charge is 2.28. The third kappa shape index (κ3) is 4.14. The zero-order chi connectivity index (χ0) is 20.2. The number of carbonyl (C=O) groups excluding carboxylic acids is 2. The largest absolute Gasteiger partial charge is 0.465 e. The van der Waals surface area contributed by atoms with Gasteiger partial charge in [0.2, 0.25) is 16.2 Å². The number of hydrogen-bond donors (Lipinski definition) is 1.